The maximum Gasteiger partial charge on any atom is 0.214 e. The van der Waals surface area contributed by atoms with E-state index in [2.05, 4.69) is 0 Å². The highest BCUT2D eigenvalue weighted by molar-refractivity contribution is 7.89. The van der Waals surface area contributed by atoms with Gasteiger partial charge in [0, 0.05) is 13.1 Å². The maximum absolute atomic E-state index is 12.1. The molecule has 1 rings (SSSR count). The van der Waals surface area contributed by atoms with Gasteiger partial charge in [-0.15, -0.1) is 0 Å². The van der Waals surface area contributed by atoms with Gasteiger partial charge in [-0.3, -0.25) is 0 Å². The van der Waals surface area contributed by atoms with Gasteiger partial charge >= 0.3 is 0 Å². The summed E-state index contributed by atoms with van der Waals surface area (Å²) in [6.07, 6.45) is 0.254. The Kier molecular flexibility index (Phi) is 4.95. The molecule has 1 aliphatic rings. The van der Waals surface area contributed by atoms with Crippen molar-refractivity contribution in [2.45, 2.75) is 33.3 Å². The lowest BCUT2D eigenvalue weighted by atomic mass is 9.94. The molecular weight excluding hydrogens is 242 g/mol. The molecule has 1 aliphatic heterocycles. The summed E-state index contributed by atoms with van der Waals surface area (Å²) in [5.74, 6) is 0.161. The lowest BCUT2D eigenvalue weighted by Gasteiger charge is -2.32. The minimum atomic E-state index is -3.22. The third-order valence-corrected chi connectivity index (χ3v) is 4.65. The fraction of sp³-hybridized carbons (Fsp3) is 1.00. The molecule has 0 aliphatic carbocycles. The van der Waals surface area contributed by atoms with Gasteiger partial charge in [0.1, 0.15) is 0 Å². The first-order chi connectivity index (χ1) is 7.74. The molecule has 6 heteroatoms. The molecule has 0 aromatic heterocycles. The van der Waals surface area contributed by atoms with E-state index in [1.54, 1.807) is 0 Å². The first-order valence-corrected chi connectivity index (χ1v) is 7.56. The van der Waals surface area contributed by atoms with Gasteiger partial charge in [0.25, 0.3) is 0 Å². The average Bonchev–Trinajstić information content (AvgIpc) is 2.26. The lowest BCUT2D eigenvalue weighted by molar-refractivity contribution is -0.0305. The van der Waals surface area contributed by atoms with Crippen molar-refractivity contribution in [2.24, 2.45) is 5.41 Å². The quantitative estimate of drug-likeness (QED) is 0.801. The average molecular weight is 265 g/mol. The number of nitrogens with zero attached hydrogens (tertiary/aromatic N) is 1. The summed E-state index contributed by atoms with van der Waals surface area (Å²) < 4.78 is 30.8. The van der Waals surface area contributed by atoms with Crippen molar-refractivity contribution in [1.29, 1.82) is 0 Å². The van der Waals surface area contributed by atoms with Crippen LogP contribution in [0.5, 0.6) is 0 Å². The largest absolute Gasteiger partial charge is 0.394 e. The highest BCUT2D eigenvalue weighted by Crippen LogP contribution is 2.21. The number of hydrogen-bond acceptors (Lipinski definition) is 4. The highest BCUT2D eigenvalue weighted by atomic mass is 32.2. The smallest absolute Gasteiger partial charge is 0.214 e. The summed E-state index contributed by atoms with van der Waals surface area (Å²) in [4.78, 5) is 0. The molecule has 0 saturated carbocycles. The molecular formula is C11H23NO4S. The summed E-state index contributed by atoms with van der Waals surface area (Å²) in [6.45, 7) is 6.96. The summed E-state index contributed by atoms with van der Waals surface area (Å²) in [7, 11) is -3.22. The van der Waals surface area contributed by atoms with E-state index in [4.69, 9.17) is 9.84 Å². The van der Waals surface area contributed by atoms with Crippen LogP contribution in [0, 0.1) is 5.41 Å². The number of aliphatic hydroxyl groups is 1. The molecule has 17 heavy (non-hydrogen) atoms. The third-order valence-electron chi connectivity index (χ3n) is 2.81. The molecule has 1 saturated heterocycles. The predicted octanol–water partition coefficient (Wildman–Crippen LogP) is 0.446. The van der Waals surface area contributed by atoms with Crippen molar-refractivity contribution >= 4 is 10.0 Å². The summed E-state index contributed by atoms with van der Waals surface area (Å²) in [5, 5.41) is 8.99. The Morgan fingerprint density at radius 2 is 2.06 bits per heavy atom. The molecule has 1 heterocycles. The van der Waals surface area contributed by atoms with Gasteiger partial charge in [0.05, 0.1) is 25.1 Å². The molecule has 102 valence electrons. The van der Waals surface area contributed by atoms with Crippen LogP contribution in [-0.4, -0.2) is 56.0 Å². The van der Waals surface area contributed by atoms with E-state index < -0.39 is 10.0 Å². The Labute approximate surface area is 104 Å². The van der Waals surface area contributed by atoms with Crippen molar-refractivity contribution in [2.75, 3.05) is 32.1 Å². The third kappa shape index (κ3) is 4.91. The van der Waals surface area contributed by atoms with E-state index in [0.717, 1.165) is 0 Å². The molecule has 0 spiro atoms. The van der Waals surface area contributed by atoms with E-state index >= 15 is 0 Å². The van der Waals surface area contributed by atoms with Crippen LogP contribution < -0.4 is 0 Å². The molecule has 0 aromatic carbocycles. The van der Waals surface area contributed by atoms with Crippen LogP contribution in [0.25, 0.3) is 0 Å². The van der Waals surface area contributed by atoms with Gasteiger partial charge in [-0.1, -0.05) is 20.8 Å². The standard InChI is InChI=1S/C11H23NO4S/c1-11(2,3)4-7-17(14,15)12-5-6-16-10(8-12)9-13/h10,13H,4-9H2,1-3H3. The van der Waals surface area contributed by atoms with Crippen molar-refractivity contribution in [3.05, 3.63) is 0 Å². The molecule has 1 N–H and O–H groups in total. The normalized spacial score (nSPS) is 23.9. The molecule has 5 nitrogen and oxygen atoms in total. The van der Waals surface area contributed by atoms with Crippen LogP contribution in [0.2, 0.25) is 0 Å². The number of rotatable bonds is 4. The Morgan fingerprint density at radius 3 is 2.59 bits per heavy atom. The number of sulfonamides is 1. The number of aliphatic hydroxyl groups excluding tert-OH is 1. The minimum Gasteiger partial charge on any atom is -0.394 e. The lowest BCUT2D eigenvalue weighted by Crippen LogP contribution is -2.47. The zero-order chi connectivity index (χ0) is 13.1. The predicted molar refractivity (Wildman–Crippen MR) is 66.3 cm³/mol. The first-order valence-electron chi connectivity index (χ1n) is 5.95. The number of morpholine rings is 1. The van der Waals surface area contributed by atoms with Gasteiger partial charge in [0.15, 0.2) is 0 Å². The zero-order valence-electron chi connectivity index (χ0n) is 10.8. The van der Waals surface area contributed by atoms with Crippen LogP contribution >= 0.6 is 0 Å². The first kappa shape index (κ1) is 14.9. The van der Waals surface area contributed by atoms with Gasteiger partial charge in [-0.2, -0.15) is 4.31 Å². The number of hydrogen-bond donors (Lipinski definition) is 1. The van der Waals surface area contributed by atoms with Crippen molar-refractivity contribution in [3.63, 3.8) is 0 Å². The van der Waals surface area contributed by atoms with Gasteiger partial charge in [0.2, 0.25) is 10.0 Å². The fourth-order valence-electron chi connectivity index (χ4n) is 1.62. The summed E-state index contributed by atoms with van der Waals surface area (Å²) in [6, 6.07) is 0. The molecule has 0 amide bonds. The molecule has 1 unspecified atom stereocenters. The van der Waals surface area contributed by atoms with Crippen LogP contribution in [0.15, 0.2) is 0 Å². The second-order valence-electron chi connectivity index (χ2n) is 5.66. The van der Waals surface area contributed by atoms with Crippen molar-refractivity contribution in [1.82, 2.24) is 4.31 Å². The molecule has 0 aromatic rings. The summed E-state index contributed by atoms with van der Waals surface area (Å²) >= 11 is 0. The van der Waals surface area contributed by atoms with E-state index in [1.807, 2.05) is 20.8 Å². The maximum atomic E-state index is 12.1. The number of ether oxygens (including phenoxy) is 1. The molecule has 0 bridgehead atoms. The zero-order valence-corrected chi connectivity index (χ0v) is 11.7. The van der Waals surface area contributed by atoms with E-state index in [-0.39, 0.29) is 30.4 Å². The highest BCUT2D eigenvalue weighted by Gasteiger charge is 2.29. The molecule has 1 fully saturated rings. The monoisotopic (exact) mass is 265 g/mol. The van der Waals surface area contributed by atoms with Crippen LogP contribution in [-0.2, 0) is 14.8 Å². The van der Waals surface area contributed by atoms with E-state index in [1.165, 1.54) is 4.31 Å². The van der Waals surface area contributed by atoms with E-state index in [9.17, 15) is 8.42 Å². The Morgan fingerprint density at radius 1 is 1.41 bits per heavy atom. The second-order valence-corrected chi connectivity index (χ2v) is 7.75. The van der Waals surface area contributed by atoms with Crippen LogP contribution in [0.1, 0.15) is 27.2 Å². The van der Waals surface area contributed by atoms with Crippen molar-refractivity contribution in [3.8, 4) is 0 Å². The minimum absolute atomic E-state index is 0.00966. The second kappa shape index (κ2) is 5.65. The van der Waals surface area contributed by atoms with Gasteiger partial charge in [-0.05, 0) is 11.8 Å². The van der Waals surface area contributed by atoms with Gasteiger partial charge < -0.3 is 9.84 Å². The molecule has 1 atom stereocenters. The Balaban J connectivity index is 2.57. The molecule has 0 radical (unpaired) electrons. The van der Waals surface area contributed by atoms with Gasteiger partial charge in [-0.25, -0.2) is 8.42 Å². The topological polar surface area (TPSA) is 66.8 Å². The van der Waals surface area contributed by atoms with E-state index in [0.29, 0.717) is 19.6 Å². The van der Waals surface area contributed by atoms with Crippen molar-refractivity contribution < 1.29 is 18.3 Å². The Bertz CT molecular complexity index is 334. The fourth-order valence-corrected chi connectivity index (χ4v) is 3.49. The van der Waals surface area contributed by atoms with Crippen LogP contribution in [0.3, 0.4) is 0 Å². The summed E-state index contributed by atoms with van der Waals surface area (Å²) in [5.41, 5.74) is 0.00966. The Hall–Kier alpha value is -0.170. The van der Waals surface area contributed by atoms with Crippen LogP contribution in [0.4, 0.5) is 0 Å². The SMILES string of the molecule is CC(C)(C)CCS(=O)(=O)N1CCOC(CO)C1.